The van der Waals surface area contributed by atoms with Crippen molar-refractivity contribution in [1.82, 2.24) is 5.43 Å². The summed E-state index contributed by atoms with van der Waals surface area (Å²) in [4.78, 5) is 0. The Morgan fingerprint density at radius 3 is 3.00 bits per heavy atom. The molecule has 1 aliphatic rings. The molecule has 0 fully saturated rings. The molecule has 0 aromatic heterocycles. The van der Waals surface area contributed by atoms with Gasteiger partial charge in [0.05, 0.1) is 12.9 Å². The van der Waals surface area contributed by atoms with Gasteiger partial charge in [0.15, 0.2) is 0 Å². The molecule has 0 bridgehead atoms. The summed E-state index contributed by atoms with van der Waals surface area (Å²) in [7, 11) is 0. The first-order chi connectivity index (χ1) is 8.29. The molecule has 3 N–H and O–H groups in total. The standard InChI is InChI=1S/C13H17BrN2O/c14-12-5-1-3-10(7-12)8-13(16-15)11-4-2-6-17-9-11/h1,3,5,7,9,13,16H,2,4,6,8,15H2. The number of nitrogens with two attached hydrogens (primary N) is 1. The van der Waals surface area contributed by atoms with E-state index in [9.17, 15) is 0 Å². The molecule has 1 unspecified atom stereocenters. The van der Waals surface area contributed by atoms with Crippen molar-refractivity contribution in [2.75, 3.05) is 6.61 Å². The molecule has 4 heteroatoms. The van der Waals surface area contributed by atoms with Gasteiger partial charge in [-0.3, -0.25) is 11.3 Å². The Bertz CT molecular complexity index is 406. The van der Waals surface area contributed by atoms with Crippen LogP contribution in [0, 0.1) is 0 Å². The quantitative estimate of drug-likeness (QED) is 0.663. The SMILES string of the molecule is NNC(Cc1cccc(Br)c1)C1=COCCC1. The molecule has 0 saturated heterocycles. The van der Waals surface area contributed by atoms with Gasteiger partial charge in [-0.2, -0.15) is 0 Å². The highest BCUT2D eigenvalue weighted by atomic mass is 79.9. The summed E-state index contributed by atoms with van der Waals surface area (Å²) in [5.74, 6) is 5.63. The minimum absolute atomic E-state index is 0.157. The molecule has 0 radical (unpaired) electrons. The molecule has 1 heterocycles. The molecule has 0 aliphatic carbocycles. The highest BCUT2D eigenvalue weighted by Gasteiger charge is 2.16. The monoisotopic (exact) mass is 296 g/mol. The van der Waals surface area contributed by atoms with Crippen LogP contribution in [0.5, 0.6) is 0 Å². The maximum atomic E-state index is 5.63. The van der Waals surface area contributed by atoms with Gasteiger partial charge in [0.1, 0.15) is 0 Å². The second-order valence-electron chi connectivity index (χ2n) is 4.22. The van der Waals surface area contributed by atoms with E-state index in [-0.39, 0.29) is 6.04 Å². The van der Waals surface area contributed by atoms with E-state index in [0.29, 0.717) is 0 Å². The molecular formula is C13H17BrN2O. The van der Waals surface area contributed by atoms with Gasteiger partial charge in [-0.1, -0.05) is 28.1 Å². The molecule has 3 nitrogen and oxygen atoms in total. The van der Waals surface area contributed by atoms with Crippen LogP contribution in [0.2, 0.25) is 0 Å². The van der Waals surface area contributed by atoms with Crippen molar-refractivity contribution in [2.45, 2.75) is 25.3 Å². The summed E-state index contributed by atoms with van der Waals surface area (Å²) >= 11 is 3.48. The lowest BCUT2D eigenvalue weighted by molar-refractivity contribution is 0.219. The molecule has 17 heavy (non-hydrogen) atoms. The molecular weight excluding hydrogens is 280 g/mol. The molecule has 1 aromatic rings. The van der Waals surface area contributed by atoms with Crippen LogP contribution < -0.4 is 11.3 Å². The molecule has 0 amide bonds. The van der Waals surface area contributed by atoms with Gasteiger partial charge in [0.2, 0.25) is 0 Å². The average Bonchev–Trinajstić information content (AvgIpc) is 2.37. The normalized spacial score (nSPS) is 17.2. The van der Waals surface area contributed by atoms with Crippen LogP contribution in [0.15, 0.2) is 40.6 Å². The number of hydrogen-bond acceptors (Lipinski definition) is 3. The van der Waals surface area contributed by atoms with Crippen molar-refractivity contribution in [3.63, 3.8) is 0 Å². The highest BCUT2D eigenvalue weighted by molar-refractivity contribution is 9.10. The first-order valence-electron chi connectivity index (χ1n) is 5.80. The number of rotatable bonds is 4. The maximum absolute atomic E-state index is 5.63. The van der Waals surface area contributed by atoms with Crippen molar-refractivity contribution in [2.24, 2.45) is 5.84 Å². The van der Waals surface area contributed by atoms with E-state index < -0.39 is 0 Å². The molecule has 1 aliphatic heterocycles. The number of hydrazine groups is 1. The van der Waals surface area contributed by atoms with Gasteiger partial charge in [-0.15, -0.1) is 0 Å². The highest BCUT2D eigenvalue weighted by Crippen LogP contribution is 2.20. The molecule has 2 rings (SSSR count). The summed E-state index contributed by atoms with van der Waals surface area (Å²) in [6.45, 7) is 0.817. The molecule has 1 atom stereocenters. The van der Waals surface area contributed by atoms with E-state index in [1.807, 2.05) is 18.4 Å². The molecule has 92 valence electrons. The van der Waals surface area contributed by atoms with Gasteiger partial charge in [0.25, 0.3) is 0 Å². The first kappa shape index (κ1) is 12.6. The maximum Gasteiger partial charge on any atom is 0.0876 e. The Balaban J connectivity index is 2.06. The zero-order valence-corrected chi connectivity index (χ0v) is 11.2. The van der Waals surface area contributed by atoms with Gasteiger partial charge in [-0.25, -0.2) is 0 Å². The zero-order chi connectivity index (χ0) is 12.1. The van der Waals surface area contributed by atoms with Crippen molar-refractivity contribution < 1.29 is 4.74 Å². The second-order valence-corrected chi connectivity index (χ2v) is 5.14. The molecule has 1 aromatic carbocycles. The first-order valence-corrected chi connectivity index (χ1v) is 6.60. The zero-order valence-electron chi connectivity index (χ0n) is 9.66. The predicted octanol–water partition coefficient (Wildman–Crippen LogP) is 2.52. The fourth-order valence-electron chi connectivity index (χ4n) is 2.04. The Morgan fingerprint density at radius 2 is 2.35 bits per heavy atom. The van der Waals surface area contributed by atoms with Crippen LogP contribution in [0.25, 0.3) is 0 Å². The van der Waals surface area contributed by atoms with E-state index in [1.54, 1.807) is 0 Å². The summed E-state index contributed by atoms with van der Waals surface area (Å²) in [5.41, 5.74) is 5.38. The number of nitrogens with one attached hydrogen (secondary N) is 1. The minimum atomic E-state index is 0.157. The van der Waals surface area contributed by atoms with E-state index >= 15 is 0 Å². The number of halogens is 1. The van der Waals surface area contributed by atoms with Gasteiger partial charge < -0.3 is 4.74 Å². The fourth-order valence-corrected chi connectivity index (χ4v) is 2.48. The smallest absolute Gasteiger partial charge is 0.0876 e. The fraction of sp³-hybridized carbons (Fsp3) is 0.385. The van der Waals surface area contributed by atoms with E-state index in [2.05, 4.69) is 33.5 Å². The van der Waals surface area contributed by atoms with Crippen molar-refractivity contribution in [1.29, 1.82) is 0 Å². The summed E-state index contributed by atoms with van der Waals surface area (Å²) in [6.07, 6.45) is 4.86. The third kappa shape index (κ3) is 3.56. The van der Waals surface area contributed by atoms with E-state index in [1.165, 1.54) is 11.1 Å². The topological polar surface area (TPSA) is 47.3 Å². The number of hydrogen-bond donors (Lipinski definition) is 2. The summed E-state index contributed by atoms with van der Waals surface area (Å²) in [6, 6.07) is 8.45. The summed E-state index contributed by atoms with van der Waals surface area (Å²) in [5, 5.41) is 0. The van der Waals surface area contributed by atoms with Crippen LogP contribution in [0.1, 0.15) is 18.4 Å². The van der Waals surface area contributed by atoms with Crippen LogP contribution in [-0.4, -0.2) is 12.6 Å². The van der Waals surface area contributed by atoms with Crippen LogP contribution in [0.3, 0.4) is 0 Å². The Labute approximate surface area is 110 Å². The van der Waals surface area contributed by atoms with Crippen molar-refractivity contribution >= 4 is 15.9 Å². The Morgan fingerprint density at radius 1 is 1.47 bits per heavy atom. The van der Waals surface area contributed by atoms with Crippen molar-refractivity contribution in [3.8, 4) is 0 Å². The van der Waals surface area contributed by atoms with Gasteiger partial charge in [0, 0.05) is 10.5 Å². The number of ether oxygens (including phenoxy) is 1. The Hall–Kier alpha value is -0.840. The minimum Gasteiger partial charge on any atom is -0.501 e. The van der Waals surface area contributed by atoms with Crippen LogP contribution in [-0.2, 0) is 11.2 Å². The van der Waals surface area contributed by atoms with Gasteiger partial charge >= 0.3 is 0 Å². The lowest BCUT2D eigenvalue weighted by Crippen LogP contribution is -2.39. The van der Waals surface area contributed by atoms with E-state index in [4.69, 9.17) is 10.6 Å². The lowest BCUT2D eigenvalue weighted by atomic mass is 9.96. The Kier molecular flexibility index (Phi) is 4.59. The van der Waals surface area contributed by atoms with E-state index in [0.717, 1.165) is 30.3 Å². The van der Waals surface area contributed by atoms with Gasteiger partial charge in [-0.05, 0) is 42.5 Å². The molecule has 0 spiro atoms. The number of benzene rings is 1. The largest absolute Gasteiger partial charge is 0.501 e. The van der Waals surface area contributed by atoms with Crippen LogP contribution in [0.4, 0.5) is 0 Å². The lowest BCUT2D eigenvalue weighted by Gasteiger charge is -2.22. The average molecular weight is 297 g/mol. The second kappa shape index (κ2) is 6.19. The molecule has 0 saturated carbocycles. The van der Waals surface area contributed by atoms with Crippen LogP contribution >= 0.6 is 15.9 Å². The third-order valence-corrected chi connectivity index (χ3v) is 3.43. The third-order valence-electron chi connectivity index (χ3n) is 2.94. The van der Waals surface area contributed by atoms with Crippen molar-refractivity contribution in [3.05, 3.63) is 46.1 Å². The predicted molar refractivity (Wildman–Crippen MR) is 72.2 cm³/mol. The summed E-state index contributed by atoms with van der Waals surface area (Å²) < 4.78 is 6.46.